The summed E-state index contributed by atoms with van der Waals surface area (Å²) in [5.74, 6) is 0.941. The summed E-state index contributed by atoms with van der Waals surface area (Å²) in [4.78, 5) is 41.6. The van der Waals surface area contributed by atoms with Crippen LogP contribution >= 0.6 is 23.2 Å². The van der Waals surface area contributed by atoms with E-state index in [0.717, 1.165) is 27.5 Å². The summed E-state index contributed by atoms with van der Waals surface area (Å²) in [6.45, 7) is 6.12. The quantitative estimate of drug-likeness (QED) is 0.0898. The third-order valence-electron chi connectivity index (χ3n) is 8.11. The Morgan fingerprint density at radius 2 is 1.12 bits per heavy atom. The summed E-state index contributed by atoms with van der Waals surface area (Å²) in [6, 6.07) is 32.9. The third kappa shape index (κ3) is 9.61. The summed E-state index contributed by atoms with van der Waals surface area (Å²) >= 11 is 11.9. The molecule has 0 aliphatic heterocycles. The van der Waals surface area contributed by atoms with Crippen LogP contribution in [-0.2, 0) is 22.7 Å². The van der Waals surface area contributed by atoms with Crippen LogP contribution in [0.3, 0.4) is 0 Å². The summed E-state index contributed by atoms with van der Waals surface area (Å²) in [7, 11) is 0. The van der Waals surface area contributed by atoms with Gasteiger partial charge in [-0.05, 0) is 61.7 Å². The molecule has 0 saturated carbocycles. The molecule has 6 rings (SSSR count). The van der Waals surface area contributed by atoms with Crippen LogP contribution in [0.25, 0.3) is 21.8 Å². The molecule has 0 bridgehead atoms. The van der Waals surface area contributed by atoms with Crippen molar-refractivity contribution in [3.63, 3.8) is 0 Å². The van der Waals surface area contributed by atoms with Gasteiger partial charge in [-0.1, -0.05) is 72.8 Å². The Hall–Kier alpha value is -5.09. The van der Waals surface area contributed by atoms with Crippen LogP contribution in [0, 0.1) is 5.41 Å². The zero-order valence-electron chi connectivity index (χ0n) is 29.0. The van der Waals surface area contributed by atoms with Gasteiger partial charge in [0.1, 0.15) is 30.8 Å². The lowest BCUT2D eigenvalue weighted by atomic mass is 9.97. The van der Waals surface area contributed by atoms with E-state index < -0.39 is 17.6 Å². The Labute approximate surface area is 311 Å². The van der Waals surface area contributed by atoms with E-state index in [1.165, 1.54) is 12.1 Å². The molecular formula is C41H40Cl2N2O7. The number of hydrogen-bond acceptors (Lipinski definition) is 7. The Bertz CT molecular complexity index is 2230. The minimum atomic E-state index is -0.798. The number of carbonyl (C=O) groups excluding carboxylic acids is 1. The number of benzene rings is 4. The zero-order chi connectivity index (χ0) is 37.3. The molecule has 0 fully saturated rings. The van der Waals surface area contributed by atoms with Crippen LogP contribution in [-0.4, -0.2) is 32.8 Å². The normalized spacial score (nSPS) is 12.4. The molecule has 2 aromatic heterocycles. The van der Waals surface area contributed by atoms with Gasteiger partial charge >= 0.3 is 5.97 Å². The second-order valence-electron chi connectivity index (χ2n) is 13.0. The first-order valence-corrected chi connectivity index (χ1v) is 17.7. The van der Waals surface area contributed by atoms with E-state index in [9.17, 15) is 19.5 Å². The van der Waals surface area contributed by atoms with E-state index in [4.69, 9.17) is 37.4 Å². The van der Waals surface area contributed by atoms with E-state index in [0.29, 0.717) is 41.3 Å². The standard InChI is InChI=1S/C23H24ClNO4.C18H16ClNO3/c1-23(2,3)22(27)29-19(13-24)16-9-11-18(21-17(16)10-12-20(26)25-21)28-14-15-7-5-4-6-8-15;19-10-15(21)13-6-8-16(18-14(13)7-9-17(22)20-18)23-11-12-4-2-1-3-5-12/h4-12,19H,13-14H2,1-3H3,(H,25,26);1-9,15,21H,10-11H2,(H,20,22)/t19-;15-/m00/s1. The fourth-order valence-corrected chi connectivity index (χ4v) is 5.74. The van der Waals surface area contributed by atoms with Crippen molar-refractivity contribution >= 4 is 51.0 Å². The number of pyridine rings is 2. The number of ether oxygens (including phenoxy) is 3. The number of rotatable bonds is 11. The second kappa shape index (κ2) is 17.4. The largest absolute Gasteiger partial charge is 0.487 e. The number of aliphatic hydroxyl groups is 1. The molecule has 0 spiro atoms. The molecule has 0 amide bonds. The highest BCUT2D eigenvalue weighted by atomic mass is 35.5. The highest BCUT2D eigenvalue weighted by molar-refractivity contribution is 6.18. The molecule has 270 valence electrons. The van der Waals surface area contributed by atoms with Crippen molar-refractivity contribution in [3.05, 3.63) is 152 Å². The summed E-state index contributed by atoms with van der Waals surface area (Å²) in [5.41, 5.74) is 3.43. The molecule has 9 nitrogen and oxygen atoms in total. The topological polar surface area (TPSA) is 131 Å². The van der Waals surface area contributed by atoms with Crippen molar-refractivity contribution < 1.29 is 24.1 Å². The lowest BCUT2D eigenvalue weighted by Crippen LogP contribution is -2.25. The molecular weight excluding hydrogens is 703 g/mol. The smallest absolute Gasteiger partial charge is 0.311 e. The van der Waals surface area contributed by atoms with Crippen LogP contribution < -0.4 is 20.6 Å². The number of alkyl halides is 2. The fraction of sp³-hybridized carbons (Fsp3) is 0.244. The molecule has 0 unspecified atom stereocenters. The average Bonchev–Trinajstić information content (AvgIpc) is 3.15. The van der Waals surface area contributed by atoms with E-state index in [-0.39, 0.29) is 28.8 Å². The maximum absolute atomic E-state index is 12.4. The number of esters is 1. The van der Waals surface area contributed by atoms with Crippen molar-refractivity contribution in [2.75, 3.05) is 11.8 Å². The Kier molecular flexibility index (Phi) is 12.8. The van der Waals surface area contributed by atoms with Crippen LogP contribution in [0.4, 0.5) is 0 Å². The van der Waals surface area contributed by atoms with Gasteiger partial charge in [-0.3, -0.25) is 14.4 Å². The average molecular weight is 744 g/mol. The lowest BCUT2D eigenvalue weighted by Gasteiger charge is -2.23. The van der Waals surface area contributed by atoms with Crippen LogP contribution in [0.2, 0.25) is 0 Å². The van der Waals surface area contributed by atoms with Gasteiger partial charge in [0.2, 0.25) is 11.1 Å². The molecule has 4 aromatic carbocycles. The summed E-state index contributed by atoms with van der Waals surface area (Å²) in [5, 5.41) is 11.5. The molecule has 2 atom stereocenters. The molecule has 0 radical (unpaired) electrons. The van der Waals surface area contributed by atoms with E-state index >= 15 is 0 Å². The number of halogens is 2. The van der Waals surface area contributed by atoms with Gasteiger partial charge < -0.3 is 29.3 Å². The first kappa shape index (κ1) is 38.1. The SMILES string of the molecule is CC(C)(C)C(=O)O[C@@H](CCl)c1ccc(OCc2ccccc2)c2[nH]c(=O)ccc12.O=c1ccc2c([C@@H](O)CCl)ccc(OCc3ccccc3)c2[nH]1. The van der Waals surface area contributed by atoms with Gasteiger partial charge in [-0.2, -0.15) is 0 Å². The third-order valence-corrected chi connectivity index (χ3v) is 8.68. The highest BCUT2D eigenvalue weighted by Gasteiger charge is 2.28. The maximum Gasteiger partial charge on any atom is 0.311 e. The van der Waals surface area contributed by atoms with Gasteiger partial charge in [0, 0.05) is 28.5 Å². The number of hydrogen-bond donors (Lipinski definition) is 3. The fourth-order valence-electron chi connectivity index (χ4n) is 5.35. The number of fused-ring (bicyclic) bond motifs is 2. The predicted octanol–water partition coefficient (Wildman–Crippen LogP) is 8.36. The molecule has 0 aliphatic rings. The maximum atomic E-state index is 12.4. The van der Waals surface area contributed by atoms with E-state index in [2.05, 4.69) is 9.97 Å². The predicted molar refractivity (Wildman–Crippen MR) is 205 cm³/mol. The van der Waals surface area contributed by atoms with Crippen molar-refractivity contribution in [3.8, 4) is 11.5 Å². The van der Waals surface area contributed by atoms with Gasteiger partial charge in [-0.25, -0.2) is 0 Å². The Morgan fingerprint density at radius 3 is 1.56 bits per heavy atom. The second-order valence-corrected chi connectivity index (χ2v) is 13.7. The lowest BCUT2D eigenvalue weighted by molar-refractivity contribution is -0.157. The van der Waals surface area contributed by atoms with Crippen molar-refractivity contribution in [2.45, 2.75) is 46.2 Å². The minimum Gasteiger partial charge on any atom is -0.487 e. The summed E-state index contributed by atoms with van der Waals surface area (Å²) < 4.78 is 17.5. The van der Waals surface area contributed by atoms with Crippen molar-refractivity contribution in [1.82, 2.24) is 9.97 Å². The molecule has 3 N–H and O–H groups in total. The molecule has 52 heavy (non-hydrogen) atoms. The first-order valence-electron chi connectivity index (χ1n) is 16.6. The van der Waals surface area contributed by atoms with Crippen molar-refractivity contribution in [2.24, 2.45) is 5.41 Å². The van der Waals surface area contributed by atoms with Gasteiger partial charge in [0.15, 0.2) is 0 Å². The van der Waals surface area contributed by atoms with E-state index in [1.807, 2.05) is 66.7 Å². The van der Waals surface area contributed by atoms with E-state index in [1.54, 1.807) is 51.1 Å². The molecule has 11 heteroatoms. The zero-order valence-corrected chi connectivity index (χ0v) is 30.5. The molecule has 0 saturated heterocycles. The van der Waals surface area contributed by atoms with Crippen LogP contribution in [0.1, 0.15) is 55.2 Å². The number of nitrogens with one attached hydrogen (secondary N) is 2. The highest BCUT2D eigenvalue weighted by Crippen LogP contribution is 2.34. The molecule has 0 aliphatic carbocycles. The van der Waals surface area contributed by atoms with Crippen molar-refractivity contribution in [1.29, 1.82) is 0 Å². The Morgan fingerprint density at radius 1 is 0.654 bits per heavy atom. The minimum absolute atomic E-state index is 0.0818. The molecule has 2 heterocycles. The van der Waals surface area contributed by atoms with Gasteiger partial charge in [-0.15, -0.1) is 23.2 Å². The Balaban J connectivity index is 0.000000206. The van der Waals surface area contributed by atoms with Crippen LogP contribution in [0.5, 0.6) is 11.5 Å². The first-order chi connectivity index (χ1) is 25.0. The van der Waals surface area contributed by atoms with Crippen LogP contribution in [0.15, 0.2) is 119 Å². The van der Waals surface area contributed by atoms with Gasteiger partial charge in [0.25, 0.3) is 0 Å². The van der Waals surface area contributed by atoms with Gasteiger partial charge in [0.05, 0.1) is 34.3 Å². The number of H-pyrrole nitrogens is 2. The summed E-state index contributed by atoms with van der Waals surface area (Å²) in [6.07, 6.45) is -1.44. The molecule has 6 aromatic rings. The number of carbonyl (C=O) groups is 1. The number of aliphatic hydroxyl groups excluding tert-OH is 1. The monoisotopic (exact) mass is 742 g/mol. The number of aromatic nitrogens is 2. The number of aromatic amines is 2.